The summed E-state index contributed by atoms with van der Waals surface area (Å²) >= 11 is 0. The molecule has 0 spiro atoms. The van der Waals surface area contributed by atoms with Crippen molar-refractivity contribution in [2.75, 3.05) is 7.11 Å². The maximum atomic E-state index is 12.5. The standard InChI is InChI=1S/C9H8F2N2O4/c1-4-5(8(10)11)3-6(13(15)16)7(12-4)9(14)17-2/h3,8H,1-2H3. The van der Waals surface area contributed by atoms with Crippen molar-refractivity contribution in [3.8, 4) is 0 Å². The number of halogens is 2. The Morgan fingerprint density at radius 2 is 2.18 bits per heavy atom. The number of methoxy groups -OCH3 is 1. The predicted octanol–water partition coefficient (Wildman–Crippen LogP) is 2.02. The zero-order valence-corrected chi connectivity index (χ0v) is 8.94. The number of hydrogen-bond donors (Lipinski definition) is 0. The lowest BCUT2D eigenvalue weighted by Gasteiger charge is -2.06. The fraction of sp³-hybridized carbons (Fsp3) is 0.333. The first kappa shape index (κ1) is 12.9. The number of hydrogen-bond acceptors (Lipinski definition) is 5. The molecule has 0 unspecified atom stereocenters. The summed E-state index contributed by atoms with van der Waals surface area (Å²) in [5.41, 5.74) is -2.10. The van der Waals surface area contributed by atoms with Crippen LogP contribution in [0.3, 0.4) is 0 Å². The number of esters is 1. The minimum Gasteiger partial charge on any atom is -0.464 e. The third-order valence-corrected chi connectivity index (χ3v) is 2.04. The van der Waals surface area contributed by atoms with Gasteiger partial charge in [-0.3, -0.25) is 10.1 Å². The first-order valence-electron chi connectivity index (χ1n) is 4.40. The molecule has 0 aromatic carbocycles. The third-order valence-electron chi connectivity index (χ3n) is 2.04. The highest BCUT2D eigenvalue weighted by Crippen LogP contribution is 2.27. The van der Waals surface area contributed by atoms with E-state index in [-0.39, 0.29) is 5.69 Å². The lowest BCUT2D eigenvalue weighted by molar-refractivity contribution is -0.385. The van der Waals surface area contributed by atoms with Gasteiger partial charge in [0.05, 0.1) is 12.0 Å². The van der Waals surface area contributed by atoms with E-state index >= 15 is 0 Å². The summed E-state index contributed by atoms with van der Waals surface area (Å²) in [6, 6.07) is 0.638. The van der Waals surface area contributed by atoms with Crippen LogP contribution in [0.4, 0.5) is 14.5 Å². The molecule has 0 fully saturated rings. The summed E-state index contributed by atoms with van der Waals surface area (Å²) in [5.74, 6) is -1.04. The monoisotopic (exact) mass is 246 g/mol. The molecule has 0 aliphatic heterocycles. The third kappa shape index (κ3) is 2.52. The maximum Gasteiger partial charge on any atom is 0.363 e. The average Bonchev–Trinajstić information content (AvgIpc) is 2.26. The van der Waals surface area contributed by atoms with Crippen LogP contribution in [-0.4, -0.2) is 23.0 Å². The first-order valence-corrected chi connectivity index (χ1v) is 4.40. The van der Waals surface area contributed by atoms with Crippen molar-refractivity contribution in [2.45, 2.75) is 13.3 Å². The first-order chi connectivity index (χ1) is 7.88. The van der Waals surface area contributed by atoms with E-state index in [1.807, 2.05) is 0 Å². The minimum absolute atomic E-state index is 0.147. The van der Waals surface area contributed by atoms with E-state index in [9.17, 15) is 23.7 Å². The zero-order valence-electron chi connectivity index (χ0n) is 8.94. The topological polar surface area (TPSA) is 82.3 Å². The Morgan fingerprint density at radius 3 is 2.59 bits per heavy atom. The van der Waals surface area contributed by atoms with E-state index in [4.69, 9.17) is 0 Å². The summed E-state index contributed by atoms with van der Waals surface area (Å²) in [6.07, 6.45) is -2.90. The van der Waals surface area contributed by atoms with Crippen molar-refractivity contribution in [2.24, 2.45) is 0 Å². The van der Waals surface area contributed by atoms with Crippen molar-refractivity contribution in [3.63, 3.8) is 0 Å². The van der Waals surface area contributed by atoms with Gasteiger partial charge in [0, 0.05) is 17.3 Å². The van der Waals surface area contributed by atoms with E-state index in [1.165, 1.54) is 6.92 Å². The van der Waals surface area contributed by atoms with Crippen LogP contribution in [0.2, 0.25) is 0 Å². The molecule has 1 aromatic heterocycles. The molecule has 17 heavy (non-hydrogen) atoms. The fourth-order valence-electron chi connectivity index (χ4n) is 1.22. The molecular formula is C9H8F2N2O4. The molecule has 0 N–H and O–H groups in total. The van der Waals surface area contributed by atoms with Crippen LogP contribution >= 0.6 is 0 Å². The fourth-order valence-corrected chi connectivity index (χ4v) is 1.22. The molecule has 0 bridgehead atoms. The van der Waals surface area contributed by atoms with Crippen LogP contribution in [0.15, 0.2) is 6.07 Å². The second-order valence-electron chi connectivity index (χ2n) is 3.08. The molecular weight excluding hydrogens is 238 g/mol. The number of aryl methyl sites for hydroxylation is 1. The van der Waals surface area contributed by atoms with Gasteiger partial charge in [0.1, 0.15) is 0 Å². The van der Waals surface area contributed by atoms with E-state index in [2.05, 4.69) is 9.72 Å². The van der Waals surface area contributed by atoms with Gasteiger partial charge >= 0.3 is 11.7 Å². The van der Waals surface area contributed by atoms with Crippen molar-refractivity contribution < 1.29 is 23.2 Å². The summed E-state index contributed by atoms with van der Waals surface area (Å²) in [5, 5.41) is 10.6. The highest BCUT2D eigenvalue weighted by Gasteiger charge is 2.27. The smallest absolute Gasteiger partial charge is 0.363 e. The number of rotatable bonds is 3. The van der Waals surface area contributed by atoms with Crippen LogP contribution in [0.5, 0.6) is 0 Å². The molecule has 1 rings (SSSR count). The van der Waals surface area contributed by atoms with E-state index < -0.39 is 34.3 Å². The highest BCUT2D eigenvalue weighted by atomic mass is 19.3. The van der Waals surface area contributed by atoms with Gasteiger partial charge in [0.2, 0.25) is 5.69 Å². The Labute approximate surface area is 94.4 Å². The van der Waals surface area contributed by atoms with Gasteiger partial charge < -0.3 is 4.74 Å². The van der Waals surface area contributed by atoms with Crippen LogP contribution in [0.1, 0.15) is 28.2 Å². The van der Waals surface area contributed by atoms with Crippen LogP contribution in [0, 0.1) is 17.0 Å². The number of aromatic nitrogens is 1. The molecule has 0 saturated heterocycles. The zero-order chi connectivity index (χ0) is 13.2. The van der Waals surface area contributed by atoms with Crippen LogP contribution in [0.25, 0.3) is 0 Å². The predicted molar refractivity (Wildman–Crippen MR) is 51.9 cm³/mol. The minimum atomic E-state index is -2.90. The van der Waals surface area contributed by atoms with E-state index in [1.54, 1.807) is 0 Å². The second kappa shape index (κ2) is 4.81. The number of alkyl halides is 2. The Morgan fingerprint density at radius 1 is 1.59 bits per heavy atom. The Bertz CT molecular complexity index is 476. The largest absolute Gasteiger partial charge is 0.464 e. The number of pyridine rings is 1. The normalized spacial score (nSPS) is 10.4. The lowest BCUT2D eigenvalue weighted by Crippen LogP contribution is -2.11. The van der Waals surface area contributed by atoms with Crippen molar-refractivity contribution in [1.29, 1.82) is 0 Å². The molecule has 92 valence electrons. The van der Waals surface area contributed by atoms with Gasteiger partial charge in [-0.25, -0.2) is 18.6 Å². The summed E-state index contributed by atoms with van der Waals surface area (Å²) in [7, 11) is 1.02. The Balaban J connectivity index is 3.46. The molecule has 0 aliphatic carbocycles. The summed E-state index contributed by atoms with van der Waals surface area (Å²) in [4.78, 5) is 24.4. The van der Waals surface area contributed by atoms with Gasteiger partial charge in [0.25, 0.3) is 6.43 Å². The molecule has 6 nitrogen and oxygen atoms in total. The highest BCUT2D eigenvalue weighted by molar-refractivity contribution is 5.91. The molecule has 8 heteroatoms. The average molecular weight is 246 g/mol. The molecule has 0 atom stereocenters. The van der Waals surface area contributed by atoms with E-state index in [0.717, 1.165) is 7.11 Å². The van der Waals surface area contributed by atoms with Crippen molar-refractivity contribution in [1.82, 2.24) is 4.98 Å². The number of nitrogens with zero attached hydrogens (tertiary/aromatic N) is 2. The van der Waals surface area contributed by atoms with Crippen LogP contribution in [-0.2, 0) is 4.74 Å². The van der Waals surface area contributed by atoms with Gasteiger partial charge in [-0.1, -0.05) is 0 Å². The second-order valence-corrected chi connectivity index (χ2v) is 3.08. The Kier molecular flexibility index (Phi) is 3.66. The molecule has 0 aliphatic rings. The van der Waals surface area contributed by atoms with Gasteiger partial charge in [-0.2, -0.15) is 0 Å². The summed E-state index contributed by atoms with van der Waals surface area (Å²) < 4.78 is 29.3. The molecule has 0 amide bonds. The van der Waals surface area contributed by atoms with Crippen molar-refractivity contribution in [3.05, 3.63) is 33.1 Å². The molecule has 1 aromatic rings. The maximum absolute atomic E-state index is 12.5. The quantitative estimate of drug-likeness (QED) is 0.463. The number of carbonyl (C=O) groups excluding carboxylic acids is 1. The molecule has 0 saturated carbocycles. The van der Waals surface area contributed by atoms with Gasteiger partial charge in [-0.15, -0.1) is 0 Å². The molecule has 0 radical (unpaired) electrons. The van der Waals surface area contributed by atoms with Gasteiger partial charge in [-0.05, 0) is 6.92 Å². The number of ether oxygens (including phenoxy) is 1. The molecule has 1 heterocycles. The lowest BCUT2D eigenvalue weighted by atomic mass is 10.1. The van der Waals surface area contributed by atoms with E-state index in [0.29, 0.717) is 6.07 Å². The van der Waals surface area contributed by atoms with Gasteiger partial charge in [0.15, 0.2) is 0 Å². The SMILES string of the molecule is COC(=O)c1nc(C)c(C(F)F)cc1[N+](=O)[O-]. The Hall–Kier alpha value is -2.12. The number of carbonyl (C=O) groups is 1. The van der Waals surface area contributed by atoms with Crippen LogP contribution < -0.4 is 0 Å². The van der Waals surface area contributed by atoms with Crippen molar-refractivity contribution >= 4 is 11.7 Å². The summed E-state index contributed by atoms with van der Waals surface area (Å²) in [6.45, 7) is 1.23. The number of nitro groups is 1.